The van der Waals surface area contributed by atoms with Gasteiger partial charge >= 0.3 is 0 Å². The lowest BCUT2D eigenvalue weighted by molar-refractivity contribution is 0.585. The second-order valence-corrected chi connectivity index (χ2v) is 6.33. The highest BCUT2D eigenvalue weighted by molar-refractivity contribution is 9.10. The van der Waals surface area contributed by atoms with Gasteiger partial charge in [-0.15, -0.1) is 0 Å². The van der Waals surface area contributed by atoms with Crippen LogP contribution in [0, 0.1) is 5.92 Å². The number of hydrogen-bond acceptors (Lipinski definition) is 2. The molecule has 1 aromatic carbocycles. The molecule has 0 bridgehead atoms. The second-order valence-electron chi connectivity index (χ2n) is 5.41. The van der Waals surface area contributed by atoms with Crippen LogP contribution in [0.5, 0.6) is 0 Å². The summed E-state index contributed by atoms with van der Waals surface area (Å²) in [5.74, 6) is 0.668. The number of nitrogens with zero attached hydrogens (tertiary/aromatic N) is 1. The van der Waals surface area contributed by atoms with Crippen LogP contribution in [0.2, 0.25) is 0 Å². The zero-order valence-corrected chi connectivity index (χ0v) is 14.4. The van der Waals surface area contributed by atoms with Gasteiger partial charge < -0.3 is 10.2 Å². The maximum absolute atomic E-state index is 3.60. The molecule has 1 atom stereocenters. The zero-order chi connectivity index (χ0) is 14.4. The summed E-state index contributed by atoms with van der Waals surface area (Å²) in [4.78, 5) is 2.47. The van der Waals surface area contributed by atoms with Crippen LogP contribution in [0.1, 0.15) is 46.2 Å². The van der Waals surface area contributed by atoms with E-state index in [1.165, 1.54) is 11.3 Å². The highest BCUT2D eigenvalue weighted by Crippen LogP contribution is 2.30. The van der Waals surface area contributed by atoms with Crippen LogP contribution >= 0.6 is 15.9 Å². The summed E-state index contributed by atoms with van der Waals surface area (Å²) < 4.78 is 1.15. The monoisotopic (exact) mass is 326 g/mol. The van der Waals surface area contributed by atoms with Crippen LogP contribution in [-0.4, -0.2) is 19.6 Å². The first-order valence-electron chi connectivity index (χ1n) is 7.27. The molecule has 0 saturated heterocycles. The first kappa shape index (κ1) is 16.5. The molecule has 0 heterocycles. The van der Waals surface area contributed by atoms with Crippen molar-refractivity contribution in [1.82, 2.24) is 5.32 Å². The molecule has 0 saturated carbocycles. The van der Waals surface area contributed by atoms with E-state index in [2.05, 4.69) is 79.0 Å². The highest BCUT2D eigenvalue weighted by Gasteiger charge is 2.15. The normalized spacial score (nSPS) is 12.8. The standard InChI is InChI=1S/C16H27BrN2/c1-6-18-13(5)15-9-8-14(17)10-16(15)19(7-2)11-12(3)4/h8-10,12-13,18H,6-7,11H2,1-5H3. The van der Waals surface area contributed by atoms with Crippen molar-refractivity contribution in [2.45, 2.75) is 40.7 Å². The van der Waals surface area contributed by atoms with Gasteiger partial charge in [0.15, 0.2) is 0 Å². The third-order valence-electron chi connectivity index (χ3n) is 3.28. The summed E-state index contributed by atoms with van der Waals surface area (Å²) in [5, 5.41) is 3.51. The third kappa shape index (κ3) is 4.81. The molecule has 1 unspecified atom stereocenters. The SMILES string of the molecule is CCNC(C)c1ccc(Br)cc1N(CC)CC(C)C. The molecule has 108 valence electrons. The third-order valence-corrected chi connectivity index (χ3v) is 3.77. The number of hydrogen-bond donors (Lipinski definition) is 1. The largest absolute Gasteiger partial charge is 0.371 e. The molecule has 0 aliphatic carbocycles. The van der Waals surface area contributed by atoms with E-state index in [1.54, 1.807) is 0 Å². The maximum atomic E-state index is 3.60. The number of rotatable bonds is 7. The summed E-state index contributed by atoms with van der Waals surface area (Å²) in [6.07, 6.45) is 0. The number of benzene rings is 1. The van der Waals surface area contributed by atoms with Gasteiger partial charge in [0.05, 0.1) is 0 Å². The van der Waals surface area contributed by atoms with Crippen molar-refractivity contribution >= 4 is 21.6 Å². The van der Waals surface area contributed by atoms with Gasteiger partial charge in [-0.25, -0.2) is 0 Å². The molecule has 0 spiro atoms. The quantitative estimate of drug-likeness (QED) is 0.787. The van der Waals surface area contributed by atoms with Gasteiger partial charge in [0, 0.05) is 29.3 Å². The lowest BCUT2D eigenvalue weighted by atomic mass is 10.0. The fourth-order valence-corrected chi connectivity index (χ4v) is 2.76. The Morgan fingerprint density at radius 3 is 2.42 bits per heavy atom. The van der Waals surface area contributed by atoms with Gasteiger partial charge in [-0.05, 0) is 44.0 Å². The van der Waals surface area contributed by atoms with E-state index in [4.69, 9.17) is 0 Å². The molecule has 1 aromatic rings. The summed E-state index contributed by atoms with van der Waals surface area (Å²) in [6, 6.07) is 7.00. The molecule has 0 fully saturated rings. The first-order valence-corrected chi connectivity index (χ1v) is 8.06. The van der Waals surface area contributed by atoms with Crippen molar-refractivity contribution < 1.29 is 0 Å². The van der Waals surface area contributed by atoms with E-state index in [0.717, 1.165) is 24.1 Å². The minimum Gasteiger partial charge on any atom is -0.371 e. The molecule has 19 heavy (non-hydrogen) atoms. The van der Waals surface area contributed by atoms with Crippen molar-refractivity contribution in [2.24, 2.45) is 5.92 Å². The van der Waals surface area contributed by atoms with Crippen LogP contribution in [-0.2, 0) is 0 Å². The van der Waals surface area contributed by atoms with E-state index in [0.29, 0.717) is 12.0 Å². The Hall–Kier alpha value is -0.540. The molecule has 1 N–H and O–H groups in total. The molecule has 0 radical (unpaired) electrons. The fourth-order valence-electron chi connectivity index (χ4n) is 2.41. The molecular formula is C16H27BrN2. The lowest BCUT2D eigenvalue weighted by Gasteiger charge is -2.29. The van der Waals surface area contributed by atoms with E-state index < -0.39 is 0 Å². The average molecular weight is 327 g/mol. The summed E-state index contributed by atoms with van der Waals surface area (Å²) in [6.45, 7) is 14.3. The van der Waals surface area contributed by atoms with E-state index in [1.807, 2.05) is 0 Å². The van der Waals surface area contributed by atoms with Gasteiger partial charge in [0.25, 0.3) is 0 Å². The van der Waals surface area contributed by atoms with Crippen LogP contribution in [0.15, 0.2) is 22.7 Å². The van der Waals surface area contributed by atoms with E-state index in [-0.39, 0.29) is 0 Å². The van der Waals surface area contributed by atoms with Crippen LogP contribution in [0.25, 0.3) is 0 Å². The smallest absolute Gasteiger partial charge is 0.0425 e. The lowest BCUT2D eigenvalue weighted by Crippen LogP contribution is -2.30. The topological polar surface area (TPSA) is 15.3 Å². The minimum absolute atomic E-state index is 0.384. The van der Waals surface area contributed by atoms with Gasteiger partial charge in [-0.1, -0.05) is 42.8 Å². The highest BCUT2D eigenvalue weighted by atomic mass is 79.9. The summed E-state index contributed by atoms with van der Waals surface area (Å²) in [7, 11) is 0. The van der Waals surface area contributed by atoms with Crippen molar-refractivity contribution in [3.63, 3.8) is 0 Å². The Bertz CT molecular complexity index is 390. The second kappa shape index (κ2) is 7.91. The number of anilines is 1. The molecule has 3 heteroatoms. The van der Waals surface area contributed by atoms with Crippen LogP contribution in [0.4, 0.5) is 5.69 Å². The average Bonchev–Trinajstić information content (AvgIpc) is 2.35. The predicted molar refractivity (Wildman–Crippen MR) is 89.0 cm³/mol. The Morgan fingerprint density at radius 1 is 1.21 bits per heavy atom. The van der Waals surface area contributed by atoms with Crippen molar-refractivity contribution in [1.29, 1.82) is 0 Å². The van der Waals surface area contributed by atoms with Crippen molar-refractivity contribution in [3.05, 3.63) is 28.2 Å². The summed E-state index contributed by atoms with van der Waals surface area (Å²) in [5.41, 5.74) is 2.73. The van der Waals surface area contributed by atoms with Crippen LogP contribution < -0.4 is 10.2 Å². The molecule has 1 rings (SSSR count). The zero-order valence-electron chi connectivity index (χ0n) is 12.8. The Morgan fingerprint density at radius 2 is 1.89 bits per heavy atom. The summed E-state index contributed by atoms with van der Waals surface area (Å²) >= 11 is 3.60. The van der Waals surface area contributed by atoms with Crippen molar-refractivity contribution in [2.75, 3.05) is 24.5 Å². The van der Waals surface area contributed by atoms with E-state index >= 15 is 0 Å². The Kier molecular flexibility index (Phi) is 6.87. The molecule has 0 aliphatic heterocycles. The van der Waals surface area contributed by atoms with E-state index in [9.17, 15) is 0 Å². The molecular weight excluding hydrogens is 300 g/mol. The molecule has 2 nitrogen and oxygen atoms in total. The number of nitrogens with one attached hydrogen (secondary N) is 1. The van der Waals surface area contributed by atoms with Gasteiger partial charge in [0.2, 0.25) is 0 Å². The predicted octanol–water partition coefficient (Wildman–Crippen LogP) is 4.60. The fraction of sp³-hybridized carbons (Fsp3) is 0.625. The Balaban J connectivity index is 3.10. The first-order chi connectivity index (χ1) is 8.99. The minimum atomic E-state index is 0.384. The molecule has 0 aromatic heterocycles. The van der Waals surface area contributed by atoms with Crippen molar-refractivity contribution in [3.8, 4) is 0 Å². The van der Waals surface area contributed by atoms with Crippen LogP contribution in [0.3, 0.4) is 0 Å². The van der Waals surface area contributed by atoms with Gasteiger partial charge in [-0.2, -0.15) is 0 Å². The number of halogens is 1. The molecule has 0 amide bonds. The van der Waals surface area contributed by atoms with Gasteiger partial charge in [-0.3, -0.25) is 0 Å². The molecule has 0 aliphatic rings. The van der Waals surface area contributed by atoms with Gasteiger partial charge in [0.1, 0.15) is 0 Å². The Labute approximate surface area is 126 Å². The maximum Gasteiger partial charge on any atom is 0.0425 e.